The second-order valence-electron chi connectivity index (χ2n) is 4.33. The van der Waals surface area contributed by atoms with Crippen LogP contribution in [0.4, 0.5) is 8.78 Å². The van der Waals surface area contributed by atoms with E-state index in [2.05, 4.69) is 15.0 Å². The molecule has 2 rings (SSSR count). The van der Waals surface area contributed by atoms with Gasteiger partial charge < -0.3 is 19.7 Å². The van der Waals surface area contributed by atoms with Gasteiger partial charge >= 0.3 is 6.61 Å². The molecule has 1 aromatic carbocycles. The van der Waals surface area contributed by atoms with Gasteiger partial charge in [-0.15, -0.1) is 0 Å². The van der Waals surface area contributed by atoms with Crippen molar-refractivity contribution in [1.82, 2.24) is 10.2 Å². The Balaban J connectivity index is 2.10. The average Bonchev–Trinajstić information content (AvgIpc) is 2.82. The molecule has 0 aromatic heterocycles. The molecule has 0 saturated carbocycles. The molecule has 1 N–H and O–H groups in total. The second kappa shape index (κ2) is 6.40. The molecule has 0 aliphatic carbocycles. The summed E-state index contributed by atoms with van der Waals surface area (Å²) in [5.74, 6) is 1.47. The van der Waals surface area contributed by atoms with Gasteiger partial charge in [-0.25, -0.2) is 0 Å². The van der Waals surface area contributed by atoms with Crippen LogP contribution in [-0.2, 0) is 6.54 Å². The summed E-state index contributed by atoms with van der Waals surface area (Å²) >= 11 is 0. The van der Waals surface area contributed by atoms with Crippen molar-refractivity contribution in [2.24, 2.45) is 4.99 Å². The Kier molecular flexibility index (Phi) is 4.60. The largest absolute Gasteiger partial charge is 0.497 e. The SMILES string of the molecule is COc1ccc(OC(F)F)c(CNC2=NCCN2C)c1. The molecule has 0 unspecified atom stereocenters. The minimum atomic E-state index is -2.85. The summed E-state index contributed by atoms with van der Waals surface area (Å²) < 4.78 is 34.4. The molecule has 1 heterocycles. The highest BCUT2D eigenvalue weighted by molar-refractivity contribution is 5.81. The summed E-state index contributed by atoms with van der Waals surface area (Å²) in [6.45, 7) is -0.936. The number of rotatable bonds is 5. The van der Waals surface area contributed by atoms with E-state index < -0.39 is 6.61 Å². The van der Waals surface area contributed by atoms with Crippen LogP contribution in [0.5, 0.6) is 11.5 Å². The highest BCUT2D eigenvalue weighted by Crippen LogP contribution is 2.25. The van der Waals surface area contributed by atoms with Crippen molar-refractivity contribution in [3.63, 3.8) is 0 Å². The predicted octanol–water partition coefficient (Wildman–Crippen LogP) is 1.69. The third-order valence-corrected chi connectivity index (χ3v) is 2.98. The van der Waals surface area contributed by atoms with Gasteiger partial charge in [-0.2, -0.15) is 8.78 Å². The maximum Gasteiger partial charge on any atom is 0.387 e. The van der Waals surface area contributed by atoms with Crippen LogP contribution >= 0.6 is 0 Å². The summed E-state index contributed by atoms with van der Waals surface area (Å²) in [4.78, 5) is 6.24. The fourth-order valence-electron chi connectivity index (χ4n) is 1.93. The number of hydrogen-bond acceptors (Lipinski definition) is 5. The highest BCUT2D eigenvalue weighted by Gasteiger charge is 2.14. The maximum absolute atomic E-state index is 12.4. The number of aliphatic imine (C=N–C) groups is 1. The van der Waals surface area contributed by atoms with Crippen LogP contribution in [0.2, 0.25) is 0 Å². The van der Waals surface area contributed by atoms with E-state index in [1.54, 1.807) is 12.1 Å². The molecule has 1 aliphatic heterocycles. The highest BCUT2D eigenvalue weighted by atomic mass is 19.3. The van der Waals surface area contributed by atoms with Gasteiger partial charge in [0.25, 0.3) is 0 Å². The van der Waals surface area contributed by atoms with Crippen molar-refractivity contribution in [3.8, 4) is 11.5 Å². The van der Waals surface area contributed by atoms with Gasteiger partial charge in [0.1, 0.15) is 11.5 Å². The number of methoxy groups -OCH3 is 1. The van der Waals surface area contributed by atoms with Gasteiger partial charge in [0.15, 0.2) is 5.96 Å². The Morgan fingerprint density at radius 1 is 1.45 bits per heavy atom. The molecular formula is C13H17F2N3O2. The third kappa shape index (κ3) is 3.49. The van der Waals surface area contributed by atoms with E-state index in [0.29, 0.717) is 17.9 Å². The first-order valence-electron chi connectivity index (χ1n) is 6.21. The Labute approximate surface area is 116 Å². The summed E-state index contributed by atoms with van der Waals surface area (Å²) in [6.07, 6.45) is 0. The molecule has 0 radical (unpaired) electrons. The van der Waals surface area contributed by atoms with Gasteiger partial charge in [-0.3, -0.25) is 4.99 Å². The summed E-state index contributed by atoms with van der Waals surface area (Å²) in [6, 6.07) is 4.73. The minimum Gasteiger partial charge on any atom is -0.497 e. The van der Waals surface area contributed by atoms with E-state index in [0.717, 1.165) is 19.0 Å². The lowest BCUT2D eigenvalue weighted by atomic mass is 10.2. The zero-order chi connectivity index (χ0) is 14.5. The molecule has 0 spiro atoms. The fraction of sp³-hybridized carbons (Fsp3) is 0.462. The summed E-state index contributed by atoms with van der Waals surface area (Å²) in [5, 5.41) is 3.11. The zero-order valence-corrected chi connectivity index (χ0v) is 11.4. The maximum atomic E-state index is 12.4. The predicted molar refractivity (Wildman–Crippen MR) is 71.4 cm³/mol. The number of likely N-dealkylation sites (N-methyl/N-ethyl adjacent to an activating group) is 1. The van der Waals surface area contributed by atoms with Crippen LogP contribution < -0.4 is 14.8 Å². The number of nitrogens with zero attached hydrogens (tertiary/aromatic N) is 2. The molecule has 110 valence electrons. The van der Waals surface area contributed by atoms with Crippen LogP contribution in [0.15, 0.2) is 23.2 Å². The molecule has 0 fully saturated rings. The third-order valence-electron chi connectivity index (χ3n) is 2.98. The van der Waals surface area contributed by atoms with E-state index >= 15 is 0 Å². The standard InChI is InChI=1S/C13H17F2N3O2/c1-18-6-5-16-13(18)17-8-9-7-10(19-2)3-4-11(9)20-12(14)15/h3-4,7,12H,5-6,8H2,1-2H3,(H,16,17). The molecule has 1 aliphatic rings. The topological polar surface area (TPSA) is 46.1 Å². The quantitative estimate of drug-likeness (QED) is 0.894. The van der Waals surface area contributed by atoms with Gasteiger partial charge in [0.2, 0.25) is 0 Å². The molecule has 1 aromatic rings. The summed E-state index contributed by atoms with van der Waals surface area (Å²) in [5.41, 5.74) is 0.590. The van der Waals surface area contributed by atoms with E-state index in [1.165, 1.54) is 13.2 Å². The molecule has 5 nitrogen and oxygen atoms in total. The lowest BCUT2D eigenvalue weighted by Gasteiger charge is -2.17. The first-order chi connectivity index (χ1) is 9.60. The molecular weight excluding hydrogens is 268 g/mol. The lowest BCUT2D eigenvalue weighted by Crippen LogP contribution is -2.35. The van der Waals surface area contributed by atoms with Gasteiger partial charge in [-0.05, 0) is 18.2 Å². The van der Waals surface area contributed by atoms with E-state index in [1.807, 2.05) is 11.9 Å². The number of benzene rings is 1. The molecule has 0 atom stereocenters. The van der Waals surface area contributed by atoms with Gasteiger partial charge in [0, 0.05) is 25.7 Å². The van der Waals surface area contributed by atoms with Crippen molar-refractivity contribution < 1.29 is 18.3 Å². The minimum absolute atomic E-state index is 0.134. The number of nitrogens with one attached hydrogen (secondary N) is 1. The van der Waals surface area contributed by atoms with Crippen molar-refractivity contribution in [1.29, 1.82) is 0 Å². The van der Waals surface area contributed by atoms with Gasteiger partial charge in [0.05, 0.1) is 13.7 Å². The monoisotopic (exact) mass is 285 g/mol. The fourth-order valence-corrected chi connectivity index (χ4v) is 1.93. The Hall–Kier alpha value is -2.05. The van der Waals surface area contributed by atoms with Crippen LogP contribution in [0, 0.1) is 0 Å². The van der Waals surface area contributed by atoms with E-state index in [9.17, 15) is 8.78 Å². The number of ether oxygens (including phenoxy) is 2. The van der Waals surface area contributed by atoms with Crippen molar-refractivity contribution in [3.05, 3.63) is 23.8 Å². The Morgan fingerprint density at radius 2 is 2.25 bits per heavy atom. The molecule has 0 amide bonds. The van der Waals surface area contributed by atoms with Crippen molar-refractivity contribution >= 4 is 5.96 Å². The number of halogens is 2. The molecule has 0 saturated heterocycles. The first-order valence-corrected chi connectivity index (χ1v) is 6.21. The van der Waals surface area contributed by atoms with Crippen molar-refractivity contribution in [2.45, 2.75) is 13.2 Å². The normalized spacial score (nSPS) is 14.4. The van der Waals surface area contributed by atoms with Crippen LogP contribution in [-0.4, -0.2) is 44.7 Å². The molecule has 0 bridgehead atoms. The van der Waals surface area contributed by atoms with Crippen LogP contribution in [0.3, 0.4) is 0 Å². The summed E-state index contributed by atoms with van der Waals surface area (Å²) in [7, 11) is 3.44. The Morgan fingerprint density at radius 3 is 2.85 bits per heavy atom. The number of guanidine groups is 1. The van der Waals surface area contributed by atoms with Crippen LogP contribution in [0.1, 0.15) is 5.56 Å². The van der Waals surface area contributed by atoms with Crippen molar-refractivity contribution in [2.75, 3.05) is 27.2 Å². The Bertz CT molecular complexity index is 495. The van der Waals surface area contributed by atoms with E-state index in [4.69, 9.17) is 4.74 Å². The second-order valence-corrected chi connectivity index (χ2v) is 4.33. The smallest absolute Gasteiger partial charge is 0.387 e. The molecule has 7 heteroatoms. The van der Waals surface area contributed by atoms with E-state index in [-0.39, 0.29) is 5.75 Å². The lowest BCUT2D eigenvalue weighted by molar-refractivity contribution is -0.0505. The first kappa shape index (κ1) is 14.4. The van der Waals surface area contributed by atoms with Crippen LogP contribution in [0.25, 0.3) is 0 Å². The van der Waals surface area contributed by atoms with Gasteiger partial charge in [-0.1, -0.05) is 0 Å². The number of hydrogen-bond donors (Lipinski definition) is 1. The zero-order valence-electron chi connectivity index (χ0n) is 11.4. The number of alkyl halides is 2. The molecule has 20 heavy (non-hydrogen) atoms. The average molecular weight is 285 g/mol.